The minimum Gasteiger partial charge on any atom is -0.350 e. The zero-order valence-electron chi connectivity index (χ0n) is 11.6. The van der Waals surface area contributed by atoms with Crippen molar-refractivity contribution in [1.29, 1.82) is 0 Å². The molecule has 6 heteroatoms. The lowest BCUT2D eigenvalue weighted by molar-refractivity contribution is -0.122. The monoisotopic (exact) mass is 342 g/mol. The van der Waals surface area contributed by atoms with Crippen molar-refractivity contribution in [3.8, 4) is 0 Å². The molecule has 2 rings (SSSR count). The number of nitrogens with one attached hydrogen (secondary N) is 1. The lowest BCUT2D eigenvalue weighted by Crippen LogP contribution is -2.34. The van der Waals surface area contributed by atoms with Crippen molar-refractivity contribution in [1.82, 2.24) is 10.2 Å². The zero-order valence-corrected chi connectivity index (χ0v) is 13.9. The number of amides is 1. The Hall–Kier alpha value is -1.07. The Morgan fingerprint density at radius 1 is 1.33 bits per heavy atom. The van der Waals surface area contributed by atoms with E-state index in [1.54, 1.807) is 23.5 Å². The number of hydrogen-bond acceptors (Lipinski definition) is 3. The molecule has 0 saturated heterocycles. The van der Waals surface area contributed by atoms with Crippen LogP contribution in [0.15, 0.2) is 35.7 Å². The van der Waals surface area contributed by atoms with Gasteiger partial charge in [-0.3, -0.25) is 9.69 Å². The Morgan fingerprint density at radius 3 is 2.81 bits per heavy atom. The molecule has 0 bridgehead atoms. The quantitative estimate of drug-likeness (QED) is 0.865. The van der Waals surface area contributed by atoms with Gasteiger partial charge in [0.25, 0.3) is 0 Å². The van der Waals surface area contributed by atoms with E-state index in [1.807, 2.05) is 35.5 Å². The molecule has 2 aromatic rings. The van der Waals surface area contributed by atoms with Crippen LogP contribution in [0.2, 0.25) is 10.0 Å². The second kappa shape index (κ2) is 7.80. The lowest BCUT2D eigenvalue weighted by Gasteiger charge is -2.17. The lowest BCUT2D eigenvalue weighted by atomic mass is 10.2. The molecule has 0 saturated carbocycles. The van der Waals surface area contributed by atoms with Gasteiger partial charge >= 0.3 is 0 Å². The molecule has 21 heavy (non-hydrogen) atoms. The van der Waals surface area contributed by atoms with Crippen LogP contribution in [0.4, 0.5) is 0 Å². The molecule has 1 aromatic heterocycles. The van der Waals surface area contributed by atoms with Crippen LogP contribution in [0.5, 0.6) is 0 Å². The molecule has 1 aromatic carbocycles. The summed E-state index contributed by atoms with van der Waals surface area (Å²) < 4.78 is 0. The van der Waals surface area contributed by atoms with Gasteiger partial charge in [0.1, 0.15) is 0 Å². The summed E-state index contributed by atoms with van der Waals surface area (Å²) in [5.41, 5.74) is 0.953. The number of likely N-dealkylation sites (N-methyl/N-ethyl adjacent to an activating group) is 1. The molecular formula is C15H16Cl2N2OS. The number of nitrogens with zero attached hydrogens (tertiary/aromatic N) is 1. The third-order valence-corrected chi connectivity index (χ3v) is 4.37. The van der Waals surface area contributed by atoms with Crippen LogP contribution in [0.1, 0.15) is 10.4 Å². The third-order valence-electron chi connectivity index (χ3n) is 2.91. The Morgan fingerprint density at radius 2 is 2.14 bits per heavy atom. The average Bonchev–Trinajstić information content (AvgIpc) is 2.93. The molecule has 0 radical (unpaired) electrons. The molecule has 0 aliphatic rings. The highest BCUT2D eigenvalue weighted by atomic mass is 35.5. The number of hydrogen-bond donors (Lipinski definition) is 1. The first-order valence-electron chi connectivity index (χ1n) is 6.46. The van der Waals surface area contributed by atoms with Crippen LogP contribution in [0.3, 0.4) is 0 Å². The Balaban J connectivity index is 1.80. The summed E-state index contributed by atoms with van der Waals surface area (Å²) in [5.74, 6) is -0.00372. The van der Waals surface area contributed by atoms with Gasteiger partial charge in [-0.1, -0.05) is 35.3 Å². The molecule has 1 heterocycles. The number of halogens is 2. The van der Waals surface area contributed by atoms with Gasteiger partial charge in [0, 0.05) is 21.5 Å². The standard InChI is InChI=1S/C15H16Cl2N2OS/c1-19(9-11-4-5-12(16)7-14(11)17)10-15(20)18-8-13-3-2-6-21-13/h2-7H,8-10H2,1H3,(H,18,20). The van der Waals surface area contributed by atoms with Crippen molar-refractivity contribution in [2.75, 3.05) is 13.6 Å². The fraction of sp³-hybridized carbons (Fsp3) is 0.267. The second-order valence-corrected chi connectivity index (χ2v) is 6.64. The van der Waals surface area contributed by atoms with Gasteiger partial charge in [-0.25, -0.2) is 0 Å². The van der Waals surface area contributed by atoms with E-state index in [0.29, 0.717) is 29.7 Å². The van der Waals surface area contributed by atoms with E-state index in [2.05, 4.69) is 5.32 Å². The van der Waals surface area contributed by atoms with Gasteiger partial charge in [0.05, 0.1) is 13.1 Å². The number of benzene rings is 1. The SMILES string of the molecule is CN(CC(=O)NCc1cccs1)Cc1ccc(Cl)cc1Cl. The largest absolute Gasteiger partial charge is 0.350 e. The summed E-state index contributed by atoms with van der Waals surface area (Å²) in [6.07, 6.45) is 0. The van der Waals surface area contributed by atoms with Crippen molar-refractivity contribution in [2.24, 2.45) is 0 Å². The average molecular weight is 343 g/mol. The van der Waals surface area contributed by atoms with E-state index in [-0.39, 0.29) is 5.91 Å². The topological polar surface area (TPSA) is 32.3 Å². The highest BCUT2D eigenvalue weighted by molar-refractivity contribution is 7.09. The maximum absolute atomic E-state index is 11.9. The van der Waals surface area contributed by atoms with Crippen LogP contribution in [0, 0.1) is 0 Å². The summed E-state index contributed by atoms with van der Waals surface area (Å²) in [5, 5.41) is 6.13. The van der Waals surface area contributed by atoms with E-state index in [1.165, 1.54) is 0 Å². The smallest absolute Gasteiger partial charge is 0.234 e. The fourth-order valence-corrected chi connectivity index (χ4v) is 3.01. The molecule has 1 N–H and O–H groups in total. The van der Waals surface area contributed by atoms with Gasteiger partial charge in [0.15, 0.2) is 0 Å². The highest BCUT2D eigenvalue weighted by Gasteiger charge is 2.09. The Bertz CT molecular complexity index is 602. The van der Waals surface area contributed by atoms with E-state index in [4.69, 9.17) is 23.2 Å². The summed E-state index contributed by atoms with van der Waals surface area (Å²) in [6.45, 7) is 1.50. The molecule has 112 valence electrons. The van der Waals surface area contributed by atoms with Crippen LogP contribution >= 0.6 is 34.5 Å². The van der Waals surface area contributed by atoms with Crippen molar-refractivity contribution >= 4 is 40.4 Å². The number of carbonyl (C=O) groups excluding carboxylic acids is 1. The second-order valence-electron chi connectivity index (χ2n) is 4.76. The third kappa shape index (κ3) is 5.32. The Labute approximate surface area is 138 Å². The molecule has 0 fully saturated rings. The highest BCUT2D eigenvalue weighted by Crippen LogP contribution is 2.21. The minimum absolute atomic E-state index is 0.00372. The van der Waals surface area contributed by atoms with Crippen molar-refractivity contribution in [2.45, 2.75) is 13.1 Å². The van der Waals surface area contributed by atoms with Crippen LogP contribution in [-0.4, -0.2) is 24.4 Å². The normalized spacial score (nSPS) is 10.9. The van der Waals surface area contributed by atoms with Gasteiger partial charge in [-0.2, -0.15) is 0 Å². The van der Waals surface area contributed by atoms with Gasteiger partial charge < -0.3 is 5.32 Å². The predicted molar refractivity (Wildman–Crippen MR) is 89.0 cm³/mol. The molecular weight excluding hydrogens is 327 g/mol. The first kappa shape index (κ1) is 16.3. The summed E-state index contributed by atoms with van der Waals surface area (Å²) in [6, 6.07) is 9.37. The Kier molecular flexibility index (Phi) is 6.06. The number of carbonyl (C=O) groups is 1. The zero-order chi connectivity index (χ0) is 15.2. The maximum Gasteiger partial charge on any atom is 0.234 e. The van der Waals surface area contributed by atoms with E-state index in [0.717, 1.165) is 10.4 Å². The molecule has 1 amide bonds. The summed E-state index contributed by atoms with van der Waals surface area (Å²) in [7, 11) is 1.88. The van der Waals surface area contributed by atoms with Crippen molar-refractivity contribution < 1.29 is 4.79 Å². The molecule has 0 unspecified atom stereocenters. The van der Waals surface area contributed by atoms with Crippen LogP contribution in [-0.2, 0) is 17.9 Å². The van der Waals surface area contributed by atoms with E-state index >= 15 is 0 Å². The van der Waals surface area contributed by atoms with E-state index < -0.39 is 0 Å². The maximum atomic E-state index is 11.9. The van der Waals surface area contributed by atoms with Crippen LogP contribution < -0.4 is 5.32 Å². The van der Waals surface area contributed by atoms with Crippen LogP contribution in [0.25, 0.3) is 0 Å². The molecule has 0 atom stereocenters. The number of thiophene rings is 1. The molecule has 0 aliphatic heterocycles. The first-order chi connectivity index (χ1) is 10.0. The van der Waals surface area contributed by atoms with Crippen molar-refractivity contribution in [3.63, 3.8) is 0 Å². The number of rotatable bonds is 6. The first-order valence-corrected chi connectivity index (χ1v) is 8.09. The molecule has 0 spiro atoms. The van der Waals surface area contributed by atoms with Gasteiger partial charge in [-0.15, -0.1) is 11.3 Å². The van der Waals surface area contributed by atoms with Gasteiger partial charge in [-0.05, 0) is 36.2 Å². The van der Waals surface area contributed by atoms with Gasteiger partial charge in [0.2, 0.25) is 5.91 Å². The molecule has 3 nitrogen and oxygen atoms in total. The minimum atomic E-state index is -0.00372. The van der Waals surface area contributed by atoms with E-state index in [9.17, 15) is 4.79 Å². The van der Waals surface area contributed by atoms with Crippen molar-refractivity contribution in [3.05, 3.63) is 56.2 Å². The summed E-state index contributed by atoms with van der Waals surface area (Å²) in [4.78, 5) is 14.9. The molecule has 0 aliphatic carbocycles. The predicted octanol–water partition coefficient (Wildman–Crippen LogP) is 3.80. The summed E-state index contributed by atoms with van der Waals surface area (Å²) >= 11 is 13.6. The fourth-order valence-electron chi connectivity index (χ4n) is 1.90.